The molecule has 0 saturated carbocycles. The molecule has 80 valence electrons. The predicted octanol–water partition coefficient (Wildman–Crippen LogP) is 0.823. The number of aromatic amines is 1. The van der Waals surface area contributed by atoms with Crippen LogP contribution in [-0.2, 0) is 6.54 Å². The molecule has 0 aliphatic carbocycles. The number of aromatic nitrogens is 4. The summed E-state index contributed by atoms with van der Waals surface area (Å²) in [5, 5.41) is 24.4. The monoisotopic (exact) mass is 218 g/mol. The smallest absolute Gasteiger partial charge is 0.193 e. The van der Waals surface area contributed by atoms with Crippen LogP contribution in [-0.4, -0.2) is 20.6 Å². The molecule has 2 rings (SSSR count). The van der Waals surface area contributed by atoms with E-state index >= 15 is 0 Å². The van der Waals surface area contributed by atoms with E-state index in [1.807, 2.05) is 6.07 Å². The summed E-state index contributed by atoms with van der Waals surface area (Å²) in [6, 6.07) is 6.05. The molecule has 0 bridgehead atoms. The molecule has 6 nitrogen and oxygen atoms in total. The maximum Gasteiger partial charge on any atom is 0.193 e. The minimum atomic E-state index is -0.484. The molecule has 0 unspecified atom stereocenters. The summed E-state index contributed by atoms with van der Waals surface area (Å²) in [5.74, 6) is -0.0497. The van der Waals surface area contributed by atoms with Crippen molar-refractivity contribution in [2.45, 2.75) is 6.54 Å². The number of nitriles is 1. The van der Waals surface area contributed by atoms with Gasteiger partial charge in [0.15, 0.2) is 5.82 Å². The number of rotatable bonds is 3. The average Bonchev–Trinajstić information content (AvgIpc) is 2.80. The molecule has 0 saturated heterocycles. The van der Waals surface area contributed by atoms with Crippen LogP contribution < -0.4 is 5.32 Å². The molecule has 0 aliphatic heterocycles. The number of nitrogens with zero attached hydrogens (tertiary/aromatic N) is 4. The lowest BCUT2D eigenvalue weighted by atomic mass is 10.2. The minimum absolute atomic E-state index is 0.263. The largest absolute Gasteiger partial charge is 0.375 e. The topological polar surface area (TPSA) is 90.3 Å². The number of nitrogens with one attached hydrogen (secondary N) is 2. The zero-order valence-electron chi connectivity index (χ0n) is 8.11. The van der Waals surface area contributed by atoms with Crippen molar-refractivity contribution in [1.82, 2.24) is 20.6 Å². The predicted molar refractivity (Wildman–Crippen MR) is 52.6 cm³/mol. The van der Waals surface area contributed by atoms with Crippen LogP contribution >= 0.6 is 0 Å². The van der Waals surface area contributed by atoms with E-state index in [0.717, 1.165) is 0 Å². The van der Waals surface area contributed by atoms with Gasteiger partial charge in [0.2, 0.25) is 0 Å². The van der Waals surface area contributed by atoms with Crippen LogP contribution in [0.15, 0.2) is 18.2 Å². The summed E-state index contributed by atoms with van der Waals surface area (Å²) in [6.45, 7) is 0.263. The molecule has 2 aromatic rings. The number of tetrazole rings is 1. The first-order valence-corrected chi connectivity index (χ1v) is 4.45. The number of H-pyrrole nitrogens is 1. The van der Waals surface area contributed by atoms with Gasteiger partial charge in [-0.2, -0.15) is 10.5 Å². The van der Waals surface area contributed by atoms with E-state index in [1.165, 1.54) is 18.2 Å². The maximum atomic E-state index is 13.4. The molecule has 0 amide bonds. The molecular formula is C9H7FN6. The third-order valence-corrected chi connectivity index (χ3v) is 1.92. The van der Waals surface area contributed by atoms with Gasteiger partial charge in [0.1, 0.15) is 5.82 Å². The number of anilines is 1. The number of halogens is 1. The van der Waals surface area contributed by atoms with Gasteiger partial charge in [-0.3, -0.25) is 0 Å². The Balaban J connectivity index is 2.08. The van der Waals surface area contributed by atoms with E-state index < -0.39 is 5.82 Å². The second-order valence-electron chi connectivity index (χ2n) is 2.99. The van der Waals surface area contributed by atoms with Crippen LogP contribution in [0.1, 0.15) is 11.4 Å². The van der Waals surface area contributed by atoms with Crippen molar-refractivity contribution in [3.63, 3.8) is 0 Å². The van der Waals surface area contributed by atoms with Gasteiger partial charge in [0, 0.05) is 0 Å². The standard InChI is InChI=1S/C9H7FN6/c10-7-3-6(4-11)1-2-8(7)12-5-9-13-15-16-14-9/h1-3,12H,5H2,(H,13,14,15,16). The van der Waals surface area contributed by atoms with Gasteiger partial charge in [-0.05, 0) is 18.2 Å². The summed E-state index contributed by atoms with van der Waals surface area (Å²) in [5.41, 5.74) is 0.575. The molecular weight excluding hydrogens is 211 g/mol. The van der Waals surface area contributed by atoms with Gasteiger partial charge in [-0.25, -0.2) is 4.39 Å². The first kappa shape index (κ1) is 10.0. The van der Waals surface area contributed by atoms with Gasteiger partial charge in [-0.1, -0.05) is 5.21 Å². The lowest BCUT2D eigenvalue weighted by Crippen LogP contribution is -2.03. The zero-order valence-corrected chi connectivity index (χ0v) is 8.11. The fourth-order valence-electron chi connectivity index (χ4n) is 1.16. The Kier molecular flexibility index (Phi) is 2.73. The molecule has 7 heteroatoms. The molecule has 0 radical (unpaired) electrons. The highest BCUT2D eigenvalue weighted by Gasteiger charge is 2.04. The quantitative estimate of drug-likeness (QED) is 0.796. The van der Waals surface area contributed by atoms with E-state index in [-0.39, 0.29) is 12.1 Å². The van der Waals surface area contributed by atoms with Crippen LogP contribution in [0.3, 0.4) is 0 Å². The van der Waals surface area contributed by atoms with Crippen molar-refractivity contribution in [2.75, 3.05) is 5.32 Å². The Morgan fingerprint density at radius 2 is 2.38 bits per heavy atom. The Morgan fingerprint density at radius 3 is 3.00 bits per heavy atom. The number of hydrogen-bond acceptors (Lipinski definition) is 5. The van der Waals surface area contributed by atoms with Crippen molar-refractivity contribution >= 4 is 5.69 Å². The van der Waals surface area contributed by atoms with Crippen molar-refractivity contribution in [3.05, 3.63) is 35.4 Å². The van der Waals surface area contributed by atoms with Gasteiger partial charge in [-0.15, -0.1) is 10.2 Å². The Bertz CT molecular complexity index is 515. The molecule has 2 N–H and O–H groups in total. The molecule has 0 aliphatic rings. The summed E-state index contributed by atoms with van der Waals surface area (Å²) in [6.07, 6.45) is 0. The van der Waals surface area contributed by atoms with Gasteiger partial charge in [0.25, 0.3) is 0 Å². The first-order chi connectivity index (χ1) is 7.79. The van der Waals surface area contributed by atoms with Gasteiger partial charge >= 0.3 is 0 Å². The highest BCUT2D eigenvalue weighted by Crippen LogP contribution is 2.15. The van der Waals surface area contributed by atoms with E-state index in [4.69, 9.17) is 5.26 Å². The van der Waals surface area contributed by atoms with Crippen LogP contribution in [0, 0.1) is 17.1 Å². The van der Waals surface area contributed by atoms with Crippen LogP contribution in [0.4, 0.5) is 10.1 Å². The van der Waals surface area contributed by atoms with Crippen molar-refractivity contribution in [3.8, 4) is 6.07 Å². The highest BCUT2D eigenvalue weighted by atomic mass is 19.1. The van der Waals surface area contributed by atoms with Crippen molar-refractivity contribution in [2.24, 2.45) is 0 Å². The second-order valence-corrected chi connectivity index (χ2v) is 2.99. The van der Waals surface area contributed by atoms with Crippen molar-refractivity contribution < 1.29 is 4.39 Å². The van der Waals surface area contributed by atoms with Crippen molar-refractivity contribution in [1.29, 1.82) is 5.26 Å². The summed E-state index contributed by atoms with van der Waals surface area (Å²) in [7, 11) is 0. The van der Waals surface area contributed by atoms with E-state index in [1.54, 1.807) is 0 Å². The summed E-state index contributed by atoms with van der Waals surface area (Å²) in [4.78, 5) is 0. The Labute approximate surface area is 90.1 Å². The fraction of sp³-hybridized carbons (Fsp3) is 0.111. The van der Waals surface area contributed by atoms with Gasteiger partial charge < -0.3 is 5.32 Å². The fourth-order valence-corrected chi connectivity index (χ4v) is 1.16. The molecule has 1 aromatic heterocycles. The third kappa shape index (κ3) is 2.12. The van der Waals surface area contributed by atoms with Crippen LogP contribution in [0.5, 0.6) is 0 Å². The molecule has 1 aromatic carbocycles. The maximum absolute atomic E-state index is 13.4. The highest BCUT2D eigenvalue weighted by molar-refractivity contribution is 5.48. The molecule has 1 heterocycles. The lowest BCUT2D eigenvalue weighted by Gasteiger charge is -2.04. The lowest BCUT2D eigenvalue weighted by molar-refractivity contribution is 0.629. The van der Waals surface area contributed by atoms with E-state index in [9.17, 15) is 4.39 Å². The Hall–Kier alpha value is -2.49. The molecule has 0 spiro atoms. The van der Waals surface area contributed by atoms with Crippen LogP contribution in [0.25, 0.3) is 0 Å². The van der Waals surface area contributed by atoms with E-state index in [0.29, 0.717) is 11.5 Å². The van der Waals surface area contributed by atoms with Crippen LogP contribution in [0.2, 0.25) is 0 Å². The normalized spacial score (nSPS) is 9.75. The summed E-state index contributed by atoms with van der Waals surface area (Å²) < 4.78 is 13.4. The molecule has 0 fully saturated rings. The Morgan fingerprint density at radius 1 is 1.50 bits per heavy atom. The zero-order chi connectivity index (χ0) is 11.4. The second kappa shape index (κ2) is 4.35. The van der Waals surface area contributed by atoms with Gasteiger partial charge in [0.05, 0.1) is 23.9 Å². The van der Waals surface area contributed by atoms with E-state index in [2.05, 4.69) is 25.9 Å². The number of hydrogen-bond donors (Lipinski definition) is 2. The third-order valence-electron chi connectivity index (χ3n) is 1.92. The molecule has 16 heavy (non-hydrogen) atoms. The average molecular weight is 218 g/mol. The first-order valence-electron chi connectivity index (χ1n) is 4.45. The number of benzene rings is 1. The summed E-state index contributed by atoms with van der Waals surface area (Å²) >= 11 is 0. The molecule has 0 atom stereocenters. The SMILES string of the molecule is N#Cc1ccc(NCc2nn[nH]n2)c(F)c1. The minimum Gasteiger partial charge on any atom is -0.375 e.